The minimum absolute atomic E-state index is 0.206. The maximum atomic E-state index is 12.9. The number of nitro benzene ring substituents is 1. The number of imide groups is 1. The summed E-state index contributed by atoms with van der Waals surface area (Å²) in [5, 5.41) is 14.9. The quantitative estimate of drug-likeness (QED) is 0.274. The van der Waals surface area contributed by atoms with Gasteiger partial charge in [-0.2, -0.15) is 0 Å². The molecule has 1 aliphatic carbocycles. The van der Waals surface area contributed by atoms with E-state index in [4.69, 9.17) is 4.74 Å². The molecule has 2 fully saturated rings. The van der Waals surface area contributed by atoms with E-state index in [2.05, 4.69) is 5.32 Å². The number of hydrogen-bond donors (Lipinski definition) is 1. The zero-order valence-corrected chi connectivity index (χ0v) is 19.1. The van der Waals surface area contributed by atoms with Crippen LogP contribution in [0.5, 0.6) is 5.75 Å². The summed E-state index contributed by atoms with van der Waals surface area (Å²) in [4.78, 5) is 38.2. The molecule has 0 radical (unpaired) electrons. The maximum absolute atomic E-state index is 12.9. The van der Waals surface area contributed by atoms with Crippen LogP contribution in [0, 0.1) is 22.0 Å². The van der Waals surface area contributed by atoms with Gasteiger partial charge in [0.05, 0.1) is 22.4 Å². The van der Waals surface area contributed by atoms with E-state index >= 15 is 0 Å². The van der Waals surface area contributed by atoms with Crippen LogP contribution in [0.1, 0.15) is 31.2 Å². The fourth-order valence-corrected chi connectivity index (χ4v) is 4.86. The maximum Gasteiger partial charge on any atom is 0.294 e. The highest BCUT2D eigenvalue weighted by Crippen LogP contribution is 2.41. The number of fused-ring (bicyclic) bond motifs is 1. The van der Waals surface area contributed by atoms with Crippen LogP contribution in [0.4, 0.5) is 22.7 Å². The molecular formula is C27H25N3O5. The van der Waals surface area contributed by atoms with E-state index in [1.165, 1.54) is 12.1 Å². The van der Waals surface area contributed by atoms with Crippen LogP contribution in [0.25, 0.3) is 0 Å². The number of carbonyl (C=O) groups excluding carboxylic acids is 2. The third-order valence-electron chi connectivity index (χ3n) is 6.66. The summed E-state index contributed by atoms with van der Waals surface area (Å²) in [7, 11) is 0. The van der Waals surface area contributed by atoms with E-state index in [0.29, 0.717) is 30.9 Å². The first-order valence-corrected chi connectivity index (χ1v) is 11.7. The van der Waals surface area contributed by atoms with Crippen LogP contribution in [0.3, 0.4) is 0 Å². The third kappa shape index (κ3) is 4.59. The van der Waals surface area contributed by atoms with Gasteiger partial charge in [-0.3, -0.25) is 19.7 Å². The molecule has 0 spiro atoms. The van der Waals surface area contributed by atoms with Gasteiger partial charge in [-0.1, -0.05) is 43.2 Å². The summed E-state index contributed by atoms with van der Waals surface area (Å²) in [5.41, 5.74) is 2.01. The van der Waals surface area contributed by atoms with Crippen LogP contribution in [0.2, 0.25) is 0 Å². The van der Waals surface area contributed by atoms with E-state index in [-0.39, 0.29) is 40.7 Å². The van der Waals surface area contributed by atoms with Crippen molar-refractivity contribution in [2.45, 2.75) is 32.3 Å². The Balaban J connectivity index is 1.32. The van der Waals surface area contributed by atoms with E-state index in [0.717, 1.165) is 23.3 Å². The number of ether oxygens (including phenoxy) is 1. The Kier molecular flexibility index (Phi) is 6.18. The monoisotopic (exact) mass is 471 g/mol. The summed E-state index contributed by atoms with van der Waals surface area (Å²) in [6, 6.07) is 21.4. The smallest absolute Gasteiger partial charge is 0.294 e. The van der Waals surface area contributed by atoms with Gasteiger partial charge in [0.25, 0.3) is 5.69 Å². The molecule has 1 saturated heterocycles. The van der Waals surface area contributed by atoms with Crippen LogP contribution in [-0.2, 0) is 16.2 Å². The summed E-state index contributed by atoms with van der Waals surface area (Å²) in [5.74, 6) is -0.440. The normalized spacial score (nSPS) is 19.4. The lowest BCUT2D eigenvalue weighted by molar-refractivity contribution is -0.383. The van der Waals surface area contributed by atoms with Crippen molar-refractivity contribution in [2.75, 3.05) is 10.2 Å². The number of benzene rings is 3. The van der Waals surface area contributed by atoms with Crippen molar-refractivity contribution in [1.82, 2.24) is 0 Å². The first-order chi connectivity index (χ1) is 17.0. The first-order valence-electron chi connectivity index (χ1n) is 11.7. The minimum atomic E-state index is -0.513. The molecule has 8 heteroatoms. The summed E-state index contributed by atoms with van der Waals surface area (Å²) in [6.07, 6.45) is 3.23. The average molecular weight is 472 g/mol. The van der Waals surface area contributed by atoms with Crippen molar-refractivity contribution >= 4 is 34.6 Å². The van der Waals surface area contributed by atoms with Gasteiger partial charge in [-0.25, -0.2) is 4.90 Å². The highest BCUT2D eigenvalue weighted by molar-refractivity contribution is 6.22. The van der Waals surface area contributed by atoms with Gasteiger partial charge in [0, 0.05) is 11.8 Å². The molecule has 2 amide bonds. The molecule has 1 N–H and O–H groups in total. The van der Waals surface area contributed by atoms with Crippen molar-refractivity contribution < 1.29 is 19.2 Å². The molecule has 3 aromatic rings. The molecule has 5 rings (SSSR count). The van der Waals surface area contributed by atoms with Gasteiger partial charge in [-0.05, 0) is 54.8 Å². The Labute approximate surface area is 202 Å². The Morgan fingerprint density at radius 1 is 0.914 bits per heavy atom. The molecule has 1 heterocycles. The molecule has 8 nitrogen and oxygen atoms in total. The number of carbonyl (C=O) groups is 2. The SMILES string of the molecule is O=C1C2CCCCC2C(=O)N1c1ccc(Nc2ccc(OCc3ccccc3)cc2)c([N+](=O)[O-])c1. The van der Waals surface area contributed by atoms with Crippen molar-refractivity contribution in [3.05, 3.63) is 88.5 Å². The molecule has 2 unspecified atom stereocenters. The van der Waals surface area contributed by atoms with Gasteiger partial charge < -0.3 is 10.1 Å². The van der Waals surface area contributed by atoms with Crippen LogP contribution < -0.4 is 15.0 Å². The topological polar surface area (TPSA) is 102 Å². The van der Waals surface area contributed by atoms with Gasteiger partial charge in [-0.15, -0.1) is 0 Å². The van der Waals surface area contributed by atoms with Gasteiger partial charge in [0.2, 0.25) is 11.8 Å². The zero-order valence-electron chi connectivity index (χ0n) is 19.1. The summed E-state index contributed by atoms with van der Waals surface area (Å²) < 4.78 is 5.79. The Hall–Kier alpha value is -4.20. The average Bonchev–Trinajstić information content (AvgIpc) is 3.14. The van der Waals surface area contributed by atoms with E-state index < -0.39 is 4.92 Å². The number of amides is 2. The Morgan fingerprint density at radius 2 is 1.57 bits per heavy atom. The van der Waals surface area contributed by atoms with E-state index in [9.17, 15) is 19.7 Å². The Bertz CT molecular complexity index is 1240. The molecule has 1 aliphatic heterocycles. The minimum Gasteiger partial charge on any atom is -0.489 e. The number of anilines is 3. The van der Waals surface area contributed by atoms with Gasteiger partial charge in [0.1, 0.15) is 18.0 Å². The second-order valence-electron chi connectivity index (χ2n) is 8.89. The molecule has 2 atom stereocenters. The molecule has 0 aromatic heterocycles. The van der Waals surface area contributed by atoms with Gasteiger partial charge in [0.15, 0.2) is 0 Å². The summed E-state index contributed by atoms with van der Waals surface area (Å²) in [6.45, 7) is 0.441. The lowest BCUT2D eigenvalue weighted by Gasteiger charge is -2.19. The fraction of sp³-hybridized carbons (Fsp3) is 0.259. The van der Waals surface area contributed by atoms with Gasteiger partial charge >= 0.3 is 0 Å². The van der Waals surface area contributed by atoms with Crippen molar-refractivity contribution in [3.63, 3.8) is 0 Å². The molecule has 178 valence electrons. The van der Waals surface area contributed by atoms with Crippen molar-refractivity contribution in [1.29, 1.82) is 0 Å². The lowest BCUT2D eigenvalue weighted by atomic mass is 9.81. The van der Waals surface area contributed by atoms with Crippen molar-refractivity contribution in [3.8, 4) is 5.75 Å². The largest absolute Gasteiger partial charge is 0.489 e. The number of rotatable bonds is 7. The van der Waals surface area contributed by atoms with Crippen LogP contribution >= 0.6 is 0 Å². The number of nitrogens with one attached hydrogen (secondary N) is 1. The van der Waals surface area contributed by atoms with E-state index in [1.807, 2.05) is 30.3 Å². The highest BCUT2D eigenvalue weighted by Gasteiger charge is 2.49. The number of nitro groups is 1. The second-order valence-corrected chi connectivity index (χ2v) is 8.89. The molecule has 1 saturated carbocycles. The second kappa shape index (κ2) is 9.58. The van der Waals surface area contributed by atoms with Crippen LogP contribution in [0.15, 0.2) is 72.8 Å². The summed E-state index contributed by atoms with van der Waals surface area (Å²) >= 11 is 0. The Morgan fingerprint density at radius 3 is 2.20 bits per heavy atom. The predicted octanol–water partition coefficient (Wildman–Crippen LogP) is 5.60. The van der Waals surface area contributed by atoms with E-state index in [1.54, 1.807) is 30.3 Å². The standard InChI is InChI=1S/C27H25N3O5/c31-26-22-8-4-5-9-23(22)27(32)29(26)20-12-15-24(25(16-20)30(33)34)28-19-10-13-21(14-11-19)35-17-18-6-2-1-3-7-18/h1-3,6-7,10-16,22-23,28H,4-5,8-9,17H2. The van der Waals surface area contributed by atoms with Crippen molar-refractivity contribution in [2.24, 2.45) is 11.8 Å². The zero-order chi connectivity index (χ0) is 24.4. The fourth-order valence-electron chi connectivity index (χ4n) is 4.86. The number of nitrogens with zero attached hydrogens (tertiary/aromatic N) is 2. The molecule has 35 heavy (non-hydrogen) atoms. The van der Waals surface area contributed by atoms with Crippen LogP contribution in [-0.4, -0.2) is 16.7 Å². The molecule has 0 bridgehead atoms. The highest BCUT2D eigenvalue weighted by atomic mass is 16.6. The molecular weight excluding hydrogens is 446 g/mol. The predicted molar refractivity (Wildman–Crippen MR) is 132 cm³/mol. The lowest BCUT2D eigenvalue weighted by Crippen LogP contribution is -2.30. The molecule has 2 aliphatic rings. The first kappa shape index (κ1) is 22.6. The molecule has 3 aromatic carbocycles. The third-order valence-corrected chi connectivity index (χ3v) is 6.66. The number of hydrogen-bond acceptors (Lipinski definition) is 6.